The molecule has 0 aromatic heterocycles. The van der Waals surface area contributed by atoms with Crippen LogP contribution < -0.4 is 33.5 Å². The lowest BCUT2D eigenvalue weighted by Crippen LogP contribution is -3.00. The van der Waals surface area contributed by atoms with Crippen molar-refractivity contribution in [2.45, 2.75) is 104 Å². The van der Waals surface area contributed by atoms with Crippen LogP contribution in [-0.2, 0) is 13.0 Å². The van der Waals surface area contributed by atoms with Gasteiger partial charge in [0, 0.05) is 29.5 Å². The zero-order chi connectivity index (χ0) is 25.6. The summed E-state index contributed by atoms with van der Waals surface area (Å²) in [5, 5.41) is 0. The van der Waals surface area contributed by atoms with E-state index in [1.54, 1.807) is 13.2 Å². The number of hydrogen-bond donors (Lipinski definition) is 0. The summed E-state index contributed by atoms with van der Waals surface area (Å²) in [6, 6.07) is 11.3. The van der Waals surface area contributed by atoms with E-state index in [4.69, 9.17) is 9.47 Å². The Morgan fingerprint density at radius 2 is 1.57 bits per heavy atom. The van der Waals surface area contributed by atoms with Gasteiger partial charge >= 0.3 is 0 Å². The molecule has 206 valence electrons. The van der Waals surface area contributed by atoms with Crippen LogP contribution in [0.3, 0.4) is 0 Å². The minimum absolute atomic E-state index is 0. The third kappa shape index (κ3) is 9.88. The van der Waals surface area contributed by atoms with Crippen LogP contribution in [0.1, 0.15) is 108 Å². The van der Waals surface area contributed by atoms with E-state index in [0.29, 0.717) is 0 Å². The van der Waals surface area contributed by atoms with Gasteiger partial charge in [-0.2, -0.15) is 0 Å². The predicted molar refractivity (Wildman–Crippen MR) is 148 cm³/mol. The Balaban J connectivity index is 0.00000481. The average molecular weight is 624 g/mol. The van der Waals surface area contributed by atoms with Gasteiger partial charge in [0.05, 0.1) is 13.7 Å². The Bertz CT molecular complexity index is 975. The molecule has 1 heterocycles. The van der Waals surface area contributed by atoms with Crippen LogP contribution in [0.4, 0.5) is 4.39 Å². The first-order chi connectivity index (χ1) is 17.7. The van der Waals surface area contributed by atoms with Gasteiger partial charge in [-0.1, -0.05) is 83.8 Å². The third-order valence-corrected chi connectivity index (χ3v) is 7.29. The molecule has 3 nitrogen and oxygen atoms in total. The maximum Gasteiger partial charge on any atom is 0.184 e. The molecule has 0 amide bonds. The summed E-state index contributed by atoms with van der Waals surface area (Å²) in [6.45, 7) is 6.89. The molecule has 5 heteroatoms. The molecule has 2 aromatic carbocycles. The Kier molecular flexibility index (Phi) is 15.2. The number of halogens is 2. The van der Waals surface area contributed by atoms with E-state index in [-0.39, 0.29) is 29.8 Å². The first-order valence-corrected chi connectivity index (χ1v) is 14.4. The zero-order valence-corrected chi connectivity index (χ0v) is 25.5. The summed E-state index contributed by atoms with van der Waals surface area (Å²) in [5.41, 5.74) is 4.95. The van der Waals surface area contributed by atoms with Crippen molar-refractivity contribution in [3.05, 3.63) is 58.9 Å². The molecule has 2 aromatic rings. The highest BCUT2D eigenvalue weighted by Gasteiger charge is 2.29. The second kappa shape index (κ2) is 17.8. The lowest BCUT2D eigenvalue weighted by Gasteiger charge is -2.23. The Morgan fingerprint density at radius 3 is 2.27 bits per heavy atom. The van der Waals surface area contributed by atoms with Crippen molar-refractivity contribution in [3.63, 3.8) is 0 Å². The second-order valence-electron chi connectivity index (χ2n) is 10.2. The largest absolute Gasteiger partial charge is 1.00 e. The van der Waals surface area contributed by atoms with Crippen LogP contribution in [0, 0.1) is 5.82 Å². The van der Waals surface area contributed by atoms with Crippen molar-refractivity contribution in [1.82, 2.24) is 0 Å². The number of rotatable bonds is 17. The van der Waals surface area contributed by atoms with Gasteiger partial charge in [0.25, 0.3) is 0 Å². The van der Waals surface area contributed by atoms with Gasteiger partial charge in [-0.05, 0) is 37.1 Å². The lowest BCUT2D eigenvalue weighted by atomic mass is 9.92. The summed E-state index contributed by atoms with van der Waals surface area (Å²) in [5.74, 6) is 1.60. The summed E-state index contributed by atoms with van der Waals surface area (Å²) < 4.78 is 28.5. The van der Waals surface area contributed by atoms with E-state index >= 15 is 0 Å². The number of hydrogen-bond acceptors (Lipinski definition) is 2. The third-order valence-electron chi connectivity index (χ3n) is 7.29. The van der Waals surface area contributed by atoms with Crippen LogP contribution in [0.5, 0.6) is 11.5 Å². The van der Waals surface area contributed by atoms with E-state index in [2.05, 4.69) is 30.6 Å². The molecule has 0 N–H and O–H groups in total. The zero-order valence-electron chi connectivity index (χ0n) is 23.3. The molecule has 0 fully saturated rings. The maximum atomic E-state index is 13.9. The van der Waals surface area contributed by atoms with Gasteiger partial charge in [0.1, 0.15) is 12.4 Å². The monoisotopic (exact) mass is 623 g/mol. The fourth-order valence-electron chi connectivity index (χ4n) is 5.27. The Morgan fingerprint density at radius 1 is 0.865 bits per heavy atom. The molecule has 0 bridgehead atoms. The Hall–Kier alpha value is -1.63. The minimum atomic E-state index is -0.166. The quantitative estimate of drug-likeness (QED) is 0.132. The highest BCUT2D eigenvalue weighted by molar-refractivity contribution is 5.99. The number of ether oxygens (including phenoxy) is 2. The van der Waals surface area contributed by atoms with Gasteiger partial charge in [0.15, 0.2) is 23.8 Å². The smallest absolute Gasteiger partial charge is 0.184 e. The molecule has 3 rings (SSSR count). The number of methoxy groups -OCH3 is 1. The molecule has 1 aliphatic rings. The fraction of sp³-hybridized carbons (Fsp3) is 0.594. The van der Waals surface area contributed by atoms with Crippen LogP contribution >= 0.6 is 0 Å². The molecule has 0 atom stereocenters. The first-order valence-electron chi connectivity index (χ1n) is 14.4. The van der Waals surface area contributed by atoms with Gasteiger partial charge in [-0.25, -0.2) is 8.97 Å². The molecule has 0 saturated carbocycles. The van der Waals surface area contributed by atoms with E-state index < -0.39 is 0 Å². The van der Waals surface area contributed by atoms with Crippen molar-refractivity contribution in [2.75, 3.05) is 20.3 Å². The fourth-order valence-corrected chi connectivity index (χ4v) is 5.27. The molecule has 37 heavy (non-hydrogen) atoms. The van der Waals surface area contributed by atoms with Gasteiger partial charge in [-0.15, -0.1) is 0 Å². The Labute approximate surface area is 241 Å². The van der Waals surface area contributed by atoms with E-state index in [0.717, 1.165) is 56.0 Å². The van der Waals surface area contributed by atoms with E-state index in [9.17, 15) is 4.39 Å². The highest BCUT2D eigenvalue weighted by atomic mass is 127. The molecule has 0 saturated heterocycles. The van der Waals surface area contributed by atoms with Crippen LogP contribution in [0.25, 0.3) is 0 Å². The topological polar surface area (TPSA) is 21.5 Å². The van der Waals surface area contributed by atoms with Crippen molar-refractivity contribution >= 4 is 5.71 Å². The van der Waals surface area contributed by atoms with Crippen LogP contribution in [-0.4, -0.2) is 30.5 Å². The molecular formula is C32H47FINO2. The molecule has 0 aliphatic carbocycles. The standard InChI is InChI=1S/C32H47FNO2.HI/c1-4-6-8-10-12-14-23-36-32-29-21-22-34(25-26-16-15-17-27(33)24-26)30(18-13-11-9-7-5-2)28(29)19-20-31(32)35-3;/h15-17,19-20,24H,4-14,18,21-23,25H2,1-3H3;1H/q+1;/p-1. The summed E-state index contributed by atoms with van der Waals surface area (Å²) in [7, 11) is 1.73. The number of benzene rings is 2. The van der Waals surface area contributed by atoms with Crippen molar-refractivity contribution in [3.8, 4) is 11.5 Å². The number of nitrogens with zero attached hydrogens (tertiary/aromatic N) is 1. The predicted octanol–water partition coefficient (Wildman–Crippen LogP) is 5.50. The lowest BCUT2D eigenvalue weighted by molar-refractivity contribution is -0.545. The van der Waals surface area contributed by atoms with Gasteiger partial charge in [-0.3, -0.25) is 0 Å². The second-order valence-corrected chi connectivity index (χ2v) is 10.2. The van der Waals surface area contributed by atoms with Gasteiger partial charge < -0.3 is 33.5 Å². The number of unbranched alkanes of at least 4 members (excludes halogenated alkanes) is 9. The highest BCUT2D eigenvalue weighted by Crippen LogP contribution is 2.37. The van der Waals surface area contributed by atoms with Crippen LogP contribution in [0.15, 0.2) is 36.4 Å². The number of fused-ring (bicyclic) bond motifs is 1. The van der Waals surface area contributed by atoms with Gasteiger partial charge in [0.2, 0.25) is 0 Å². The molecule has 1 aliphatic heterocycles. The van der Waals surface area contributed by atoms with Crippen molar-refractivity contribution in [2.24, 2.45) is 0 Å². The minimum Gasteiger partial charge on any atom is -1.00 e. The SMILES string of the molecule is CCCCCCCCOc1c(OC)ccc2c1CC[N+](Cc1cccc(F)c1)=C2CCCCCCC.[I-]. The van der Waals surface area contributed by atoms with E-state index in [1.165, 1.54) is 87.1 Å². The summed E-state index contributed by atoms with van der Waals surface area (Å²) in [6.07, 6.45) is 15.7. The summed E-state index contributed by atoms with van der Waals surface area (Å²) >= 11 is 0. The van der Waals surface area contributed by atoms with Crippen molar-refractivity contribution in [1.29, 1.82) is 0 Å². The molecule has 0 unspecified atom stereocenters. The van der Waals surface area contributed by atoms with E-state index in [1.807, 2.05) is 12.1 Å². The summed E-state index contributed by atoms with van der Waals surface area (Å²) in [4.78, 5) is 0. The maximum absolute atomic E-state index is 13.9. The molecule has 0 spiro atoms. The first kappa shape index (κ1) is 31.6. The average Bonchev–Trinajstić information content (AvgIpc) is 2.88. The normalized spacial score (nSPS) is 12.8. The van der Waals surface area contributed by atoms with Crippen molar-refractivity contribution < 1.29 is 42.4 Å². The molecule has 0 radical (unpaired) electrons. The van der Waals surface area contributed by atoms with Crippen LogP contribution in [0.2, 0.25) is 0 Å². The molecular weight excluding hydrogens is 576 g/mol.